The Morgan fingerprint density at radius 3 is 2.61 bits per heavy atom. The monoisotopic (exact) mass is 518 g/mol. The van der Waals surface area contributed by atoms with Gasteiger partial charge in [0, 0.05) is 31.0 Å². The predicted molar refractivity (Wildman–Crippen MR) is 141 cm³/mol. The third-order valence-corrected chi connectivity index (χ3v) is 10.5. The van der Waals surface area contributed by atoms with E-state index in [1.165, 1.54) is 6.42 Å². The SMILES string of the molecule is C=CCCCCOC(=O)[C@@H]1[C@H]2C(=O)N(CCCO)C(C(=O)N(CC=C)C3CCCCC3)C23CC[C@H]1S3. The highest BCUT2D eigenvalue weighted by molar-refractivity contribution is 8.02. The quantitative estimate of drug-likeness (QED) is 0.227. The Kier molecular flexibility index (Phi) is 9.20. The fraction of sp³-hybridized carbons (Fsp3) is 0.750. The lowest BCUT2D eigenvalue weighted by Gasteiger charge is -2.41. The van der Waals surface area contributed by atoms with E-state index < -0.39 is 22.6 Å². The average Bonchev–Trinajstić information content (AvgIpc) is 3.53. The third kappa shape index (κ3) is 5.00. The van der Waals surface area contributed by atoms with Gasteiger partial charge in [-0.05, 0) is 51.4 Å². The normalized spacial score (nSPS) is 31.4. The number of esters is 1. The van der Waals surface area contributed by atoms with Crippen LogP contribution >= 0.6 is 11.8 Å². The van der Waals surface area contributed by atoms with Gasteiger partial charge in [-0.15, -0.1) is 24.9 Å². The average molecular weight is 519 g/mol. The minimum Gasteiger partial charge on any atom is -0.465 e. The van der Waals surface area contributed by atoms with Gasteiger partial charge in [-0.1, -0.05) is 31.4 Å². The summed E-state index contributed by atoms with van der Waals surface area (Å²) in [5.41, 5.74) is 0. The molecular weight excluding hydrogens is 476 g/mol. The number of hydrogen-bond acceptors (Lipinski definition) is 6. The number of likely N-dealkylation sites (tertiary alicyclic amines) is 1. The second kappa shape index (κ2) is 12.2. The Bertz CT molecular complexity index is 844. The number of amides is 2. The topological polar surface area (TPSA) is 87.1 Å². The number of carbonyl (C=O) groups excluding carboxylic acids is 3. The highest BCUT2D eigenvalue weighted by Gasteiger charge is 2.74. The summed E-state index contributed by atoms with van der Waals surface area (Å²) in [7, 11) is 0. The maximum absolute atomic E-state index is 14.3. The van der Waals surface area contributed by atoms with Crippen molar-refractivity contribution in [1.29, 1.82) is 0 Å². The van der Waals surface area contributed by atoms with Gasteiger partial charge in [0.1, 0.15) is 6.04 Å². The van der Waals surface area contributed by atoms with Crippen molar-refractivity contribution < 1.29 is 24.2 Å². The van der Waals surface area contributed by atoms with Crippen LogP contribution in [0, 0.1) is 11.8 Å². The third-order valence-electron chi connectivity index (χ3n) is 8.53. The van der Waals surface area contributed by atoms with Crippen LogP contribution in [0.2, 0.25) is 0 Å². The standard InChI is InChI=1S/C28H42N2O5S/c1-3-5-6-10-19-35-27(34)22-21-14-15-28(36-21)23(22)25(32)30(17-11-18-31)24(28)26(33)29(16-4-2)20-12-8-7-9-13-20/h3-4,20-24,31H,1-2,5-19H2/t21-,22+,23+,24?,28?/m1/s1. The van der Waals surface area contributed by atoms with Crippen LogP contribution in [0.15, 0.2) is 25.3 Å². The summed E-state index contributed by atoms with van der Waals surface area (Å²) in [6.07, 6.45) is 13.5. The van der Waals surface area contributed by atoms with Crippen molar-refractivity contribution in [3.63, 3.8) is 0 Å². The molecule has 1 saturated carbocycles. The molecule has 0 aromatic carbocycles. The summed E-state index contributed by atoms with van der Waals surface area (Å²) in [5, 5.41) is 9.55. The second-order valence-electron chi connectivity index (χ2n) is 10.7. The molecule has 2 bridgehead atoms. The van der Waals surface area contributed by atoms with Gasteiger partial charge < -0.3 is 19.6 Å². The lowest BCUT2D eigenvalue weighted by Crippen LogP contribution is -2.57. The van der Waals surface area contributed by atoms with Gasteiger partial charge in [0.05, 0.1) is 23.2 Å². The van der Waals surface area contributed by atoms with E-state index in [-0.39, 0.29) is 35.7 Å². The molecule has 3 aliphatic heterocycles. The van der Waals surface area contributed by atoms with E-state index in [4.69, 9.17) is 4.74 Å². The van der Waals surface area contributed by atoms with Crippen molar-refractivity contribution in [3.05, 3.63) is 25.3 Å². The fourth-order valence-corrected chi connectivity index (χ4v) is 9.15. The van der Waals surface area contributed by atoms with Crippen molar-refractivity contribution in [2.24, 2.45) is 11.8 Å². The zero-order chi connectivity index (χ0) is 25.7. The Balaban J connectivity index is 1.59. The van der Waals surface area contributed by atoms with E-state index in [1.807, 2.05) is 11.0 Å². The highest BCUT2D eigenvalue weighted by Crippen LogP contribution is 2.66. The zero-order valence-electron chi connectivity index (χ0n) is 21.4. The second-order valence-corrected chi connectivity index (χ2v) is 12.3. The number of unbranched alkanes of at least 4 members (excludes halogenated alkanes) is 2. The molecule has 4 rings (SSSR count). The molecule has 5 atom stereocenters. The lowest BCUT2D eigenvalue weighted by molar-refractivity contribution is -0.154. The molecule has 4 aliphatic rings. The van der Waals surface area contributed by atoms with Crippen LogP contribution in [-0.2, 0) is 19.1 Å². The number of rotatable bonds is 13. The number of aliphatic hydroxyl groups excluding tert-OH is 1. The maximum atomic E-state index is 14.3. The van der Waals surface area contributed by atoms with Crippen molar-refractivity contribution in [1.82, 2.24) is 9.80 Å². The number of thioether (sulfide) groups is 1. The van der Waals surface area contributed by atoms with Gasteiger partial charge >= 0.3 is 5.97 Å². The Morgan fingerprint density at radius 2 is 1.92 bits per heavy atom. The van der Waals surface area contributed by atoms with E-state index in [0.717, 1.165) is 57.8 Å². The first-order valence-electron chi connectivity index (χ1n) is 13.8. The summed E-state index contributed by atoms with van der Waals surface area (Å²) < 4.78 is 5.06. The zero-order valence-corrected chi connectivity index (χ0v) is 22.3. The smallest absolute Gasteiger partial charge is 0.310 e. The first kappa shape index (κ1) is 27.2. The summed E-state index contributed by atoms with van der Waals surface area (Å²) in [6.45, 7) is 8.72. The van der Waals surface area contributed by atoms with Gasteiger partial charge in [0.25, 0.3) is 0 Å². The highest BCUT2D eigenvalue weighted by atomic mass is 32.2. The van der Waals surface area contributed by atoms with Gasteiger partial charge in [0.15, 0.2) is 0 Å². The van der Waals surface area contributed by atoms with Crippen LogP contribution in [-0.4, -0.2) is 81.1 Å². The summed E-state index contributed by atoms with van der Waals surface area (Å²) >= 11 is 1.68. The minimum absolute atomic E-state index is 0.0115. The molecule has 0 aromatic rings. The summed E-state index contributed by atoms with van der Waals surface area (Å²) in [4.78, 5) is 45.1. The molecule has 7 nitrogen and oxygen atoms in total. The van der Waals surface area contributed by atoms with Crippen LogP contribution in [0.4, 0.5) is 0 Å². The number of allylic oxidation sites excluding steroid dienone is 1. The van der Waals surface area contributed by atoms with Gasteiger partial charge in [-0.3, -0.25) is 14.4 Å². The lowest BCUT2D eigenvalue weighted by atomic mass is 9.71. The molecule has 1 aliphatic carbocycles. The van der Waals surface area contributed by atoms with E-state index in [1.54, 1.807) is 22.7 Å². The number of hydrogen-bond donors (Lipinski definition) is 1. The van der Waals surface area contributed by atoms with Crippen LogP contribution in [0.1, 0.15) is 70.6 Å². The molecule has 1 N–H and O–H groups in total. The molecule has 3 saturated heterocycles. The first-order valence-corrected chi connectivity index (χ1v) is 14.7. The summed E-state index contributed by atoms with van der Waals surface area (Å²) in [6, 6.07) is -0.446. The predicted octanol–water partition coefficient (Wildman–Crippen LogP) is 3.71. The number of ether oxygens (including phenoxy) is 1. The van der Waals surface area contributed by atoms with Crippen LogP contribution < -0.4 is 0 Å². The molecule has 2 amide bonds. The summed E-state index contributed by atoms with van der Waals surface area (Å²) in [5.74, 6) is -1.47. The molecular formula is C28H42N2O5S. The molecule has 2 unspecified atom stereocenters. The first-order chi connectivity index (χ1) is 17.5. The van der Waals surface area contributed by atoms with Crippen molar-refractivity contribution in [2.75, 3.05) is 26.3 Å². The van der Waals surface area contributed by atoms with Gasteiger partial charge in [-0.25, -0.2) is 0 Å². The molecule has 4 fully saturated rings. The van der Waals surface area contributed by atoms with E-state index in [0.29, 0.717) is 26.1 Å². The minimum atomic E-state index is -0.608. The van der Waals surface area contributed by atoms with E-state index >= 15 is 0 Å². The number of aliphatic hydroxyl groups is 1. The van der Waals surface area contributed by atoms with E-state index in [2.05, 4.69) is 13.2 Å². The van der Waals surface area contributed by atoms with Gasteiger partial charge in [-0.2, -0.15) is 0 Å². The van der Waals surface area contributed by atoms with Crippen molar-refractivity contribution in [3.8, 4) is 0 Å². The number of nitrogens with zero attached hydrogens (tertiary/aromatic N) is 2. The molecule has 8 heteroatoms. The fourth-order valence-electron chi connectivity index (χ4n) is 6.95. The molecule has 1 spiro atoms. The molecule has 0 radical (unpaired) electrons. The van der Waals surface area contributed by atoms with Crippen molar-refractivity contribution >= 4 is 29.5 Å². The van der Waals surface area contributed by atoms with Crippen molar-refractivity contribution in [2.45, 2.75) is 92.7 Å². The number of carbonyl (C=O) groups is 3. The largest absolute Gasteiger partial charge is 0.465 e. The molecule has 36 heavy (non-hydrogen) atoms. The maximum Gasteiger partial charge on any atom is 0.310 e. The van der Waals surface area contributed by atoms with Crippen LogP contribution in [0.5, 0.6) is 0 Å². The molecule has 3 heterocycles. The van der Waals surface area contributed by atoms with Gasteiger partial charge in [0.2, 0.25) is 11.8 Å². The van der Waals surface area contributed by atoms with Crippen LogP contribution in [0.25, 0.3) is 0 Å². The van der Waals surface area contributed by atoms with E-state index in [9.17, 15) is 19.5 Å². The molecule has 0 aromatic heterocycles. The Labute approximate surface area is 219 Å². The number of fused-ring (bicyclic) bond motifs is 1. The Morgan fingerprint density at radius 1 is 1.14 bits per heavy atom. The van der Waals surface area contributed by atoms with Crippen LogP contribution in [0.3, 0.4) is 0 Å². The Hall–Kier alpha value is -1.80. The molecule has 200 valence electrons.